The standard InChI is InChI=1S/C12H20N2O4/c1-8-6-9(8)7-18-12(17)14-5-3-2-4-10(13)11(15)16/h10H,2-7,13H2,1H3,(H,14,17)(H,15,16)/t10-/m0/s1. The van der Waals surface area contributed by atoms with Crippen molar-refractivity contribution in [3.8, 4) is 0 Å². The molecule has 6 nitrogen and oxygen atoms in total. The van der Waals surface area contributed by atoms with Crippen LogP contribution in [0.3, 0.4) is 0 Å². The number of allylic oxidation sites excluding steroid dienone is 1. The molecule has 102 valence electrons. The van der Waals surface area contributed by atoms with Crippen molar-refractivity contribution in [2.45, 2.75) is 38.6 Å². The van der Waals surface area contributed by atoms with Gasteiger partial charge in [-0.3, -0.25) is 4.79 Å². The second-order valence-corrected chi connectivity index (χ2v) is 4.50. The number of carboxylic acids is 1. The zero-order valence-electron chi connectivity index (χ0n) is 10.6. The zero-order chi connectivity index (χ0) is 13.5. The number of aliphatic carboxylic acids is 1. The fraction of sp³-hybridized carbons (Fsp3) is 0.667. The molecule has 0 aromatic carbocycles. The van der Waals surface area contributed by atoms with E-state index in [-0.39, 0.29) is 0 Å². The van der Waals surface area contributed by atoms with Gasteiger partial charge in [0.25, 0.3) is 0 Å². The van der Waals surface area contributed by atoms with Gasteiger partial charge in [0.05, 0.1) is 0 Å². The van der Waals surface area contributed by atoms with Gasteiger partial charge in [-0.15, -0.1) is 0 Å². The molecule has 0 heterocycles. The molecule has 0 bridgehead atoms. The minimum Gasteiger partial charge on any atom is -0.480 e. The average Bonchev–Trinajstić information content (AvgIpc) is 3.02. The van der Waals surface area contributed by atoms with E-state index in [2.05, 4.69) is 5.32 Å². The number of ether oxygens (including phenoxy) is 1. The minimum absolute atomic E-state index is 0.377. The van der Waals surface area contributed by atoms with E-state index in [0.29, 0.717) is 32.4 Å². The second-order valence-electron chi connectivity index (χ2n) is 4.50. The highest BCUT2D eigenvalue weighted by atomic mass is 16.5. The Morgan fingerprint density at radius 3 is 2.72 bits per heavy atom. The molecule has 0 aliphatic heterocycles. The number of carboxylic acid groups (broad SMARTS) is 1. The maximum absolute atomic E-state index is 11.2. The fourth-order valence-electron chi connectivity index (χ4n) is 1.46. The average molecular weight is 256 g/mol. The monoisotopic (exact) mass is 256 g/mol. The second kappa shape index (κ2) is 7.00. The van der Waals surface area contributed by atoms with Crippen LogP contribution >= 0.6 is 0 Å². The van der Waals surface area contributed by atoms with Crippen LogP contribution in [0.5, 0.6) is 0 Å². The summed E-state index contributed by atoms with van der Waals surface area (Å²) in [5.74, 6) is -0.990. The Morgan fingerprint density at radius 1 is 1.50 bits per heavy atom. The Bertz CT molecular complexity index is 352. The molecular weight excluding hydrogens is 236 g/mol. The lowest BCUT2D eigenvalue weighted by Crippen LogP contribution is -2.30. The number of rotatable bonds is 8. The molecule has 1 rings (SSSR count). The molecule has 0 saturated heterocycles. The van der Waals surface area contributed by atoms with Crippen molar-refractivity contribution in [2.24, 2.45) is 5.73 Å². The van der Waals surface area contributed by atoms with Gasteiger partial charge in [0.2, 0.25) is 0 Å². The summed E-state index contributed by atoms with van der Waals surface area (Å²) in [6.07, 6.45) is 2.32. The Morgan fingerprint density at radius 2 is 2.17 bits per heavy atom. The number of nitrogens with two attached hydrogens (primary N) is 1. The van der Waals surface area contributed by atoms with Crippen molar-refractivity contribution in [3.63, 3.8) is 0 Å². The summed E-state index contributed by atoms with van der Waals surface area (Å²) in [4.78, 5) is 21.6. The largest absolute Gasteiger partial charge is 0.480 e. The first-order valence-electron chi connectivity index (χ1n) is 6.07. The van der Waals surface area contributed by atoms with E-state index >= 15 is 0 Å². The number of alkyl carbamates (subject to hydrolysis) is 1. The summed E-state index contributed by atoms with van der Waals surface area (Å²) in [5.41, 5.74) is 7.83. The fourth-order valence-corrected chi connectivity index (χ4v) is 1.46. The van der Waals surface area contributed by atoms with Crippen LogP contribution in [0.15, 0.2) is 11.1 Å². The van der Waals surface area contributed by atoms with E-state index in [1.54, 1.807) is 0 Å². The van der Waals surface area contributed by atoms with Gasteiger partial charge in [0.15, 0.2) is 0 Å². The third-order valence-electron chi connectivity index (χ3n) is 2.86. The van der Waals surface area contributed by atoms with Gasteiger partial charge < -0.3 is 20.9 Å². The van der Waals surface area contributed by atoms with Gasteiger partial charge in [0, 0.05) is 6.54 Å². The van der Waals surface area contributed by atoms with Crippen LogP contribution in [0.4, 0.5) is 4.79 Å². The van der Waals surface area contributed by atoms with Crippen LogP contribution in [0, 0.1) is 0 Å². The first-order chi connectivity index (χ1) is 8.50. The predicted octanol–water partition coefficient (Wildman–Crippen LogP) is 1.01. The molecule has 0 aromatic rings. The normalized spacial score (nSPS) is 15.2. The van der Waals surface area contributed by atoms with Gasteiger partial charge in [-0.25, -0.2) is 4.79 Å². The predicted molar refractivity (Wildman–Crippen MR) is 66.1 cm³/mol. The van der Waals surface area contributed by atoms with Crippen LogP contribution in [0.25, 0.3) is 0 Å². The quantitative estimate of drug-likeness (QED) is 0.444. The molecule has 1 aliphatic rings. The molecule has 1 aliphatic carbocycles. The van der Waals surface area contributed by atoms with Crippen molar-refractivity contribution >= 4 is 12.1 Å². The number of nitrogens with one attached hydrogen (secondary N) is 1. The number of amides is 1. The number of unbranched alkanes of at least 4 members (excludes halogenated alkanes) is 1. The molecule has 0 aromatic heterocycles. The van der Waals surface area contributed by atoms with Crippen LogP contribution in [0.2, 0.25) is 0 Å². The van der Waals surface area contributed by atoms with Crippen molar-refractivity contribution in [1.82, 2.24) is 5.32 Å². The highest BCUT2D eigenvalue weighted by Gasteiger charge is 2.17. The van der Waals surface area contributed by atoms with Crippen molar-refractivity contribution < 1.29 is 19.4 Å². The molecule has 6 heteroatoms. The molecule has 4 N–H and O–H groups in total. The highest BCUT2D eigenvalue weighted by Crippen LogP contribution is 2.29. The topological polar surface area (TPSA) is 102 Å². The molecule has 0 unspecified atom stereocenters. The maximum Gasteiger partial charge on any atom is 0.407 e. The third kappa shape index (κ3) is 5.67. The van der Waals surface area contributed by atoms with E-state index in [1.807, 2.05) is 6.92 Å². The Kier molecular flexibility index (Phi) is 5.64. The summed E-state index contributed by atoms with van der Waals surface area (Å²) in [5, 5.41) is 11.2. The van der Waals surface area contributed by atoms with Crippen molar-refractivity contribution in [2.75, 3.05) is 13.2 Å². The lowest BCUT2D eigenvalue weighted by molar-refractivity contribution is -0.138. The summed E-state index contributed by atoms with van der Waals surface area (Å²) >= 11 is 0. The molecule has 1 atom stereocenters. The molecule has 0 radical (unpaired) electrons. The van der Waals surface area contributed by atoms with E-state index in [1.165, 1.54) is 11.1 Å². The summed E-state index contributed by atoms with van der Waals surface area (Å²) in [6.45, 7) is 2.87. The number of carbonyl (C=O) groups is 2. The van der Waals surface area contributed by atoms with Gasteiger partial charge >= 0.3 is 12.1 Å². The van der Waals surface area contributed by atoms with Crippen LogP contribution in [-0.2, 0) is 9.53 Å². The third-order valence-corrected chi connectivity index (χ3v) is 2.86. The Labute approximate surface area is 106 Å². The molecule has 0 fully saturated rings. The van der Waals surface area contributed by atoms with E-state index < -0.39 is 18.1 Å². The molecule has 18 heavy (non-hydrogen) atoms. The Hall–Kier alpha value is -1.56. The van der Waals surface area contributed by atoms with Crippen molar-refractivity contribution in [3.05, 3.63) is 11.1 Å². The van der Waals surface area contributed by atoms with E-state index in [0.717, 1.165) is 6.42 Å². The Balaban J connectivity index is 1.94. The van der Waals surface area contributed by atoms with Crippen LogP contribution in [-0.4, -0.2) is 36.4 Å². The van der Waals surface area contributed by atoms with Crippen LogP contribution in [0.1, 0.15) is 32.6 Å². The highest BCUT2D eigenvalue weighted by molar-refractivity contribution is 5.72. The lowest BCUT2D eigenvalue weighted by atomic mass is 10.1. The first kappa shape index (κ1) is 14.5. The van der Waals surface area contributed by atoms with E-state index in [9.17, 15) is 9.59 Å². The van der Waals surface area contributed by atoms with Gasteiger partial charge in [0.1, 0.15) is 12.6 Å². The molecular formula is C12H20N2O4. The maximum atomic E-state index is 11.2. The van der Waals surface area contributed by atoms with Gasteiger partial charge in [-0.2, -0.15) is 0 Å². The lowest BCUT2D eigenvalue weighted by Gasteiger charge is -2.07. The number of hydrogen-bond acceptors (Lipinski definition) is 4. The smallest absolute Gasteiger partial charge is 0.407 e. The summed E-state index contributed by atoms with van der Waals surface area (Å²) in [7, 11) is 0. The van der Waals surface area contributed by atoms with Gasteiger partial charge in [-0.1, -0.05) is 5.57 Å². The molecule has 1 amide bonds. The number of hydrogen-bond donors (Lipinski definition) is 3. The first-order valence-corrected chi connectivity index (χ1v) is 6.07. The zero-order valence-corrected chi connectivity index (χ0v) is 10.6. The molecule has 0 spiro atoms. The van der Waals surface area contributed by atoms with E-state index in [4.69, 9.17) is 15.6 Å². The summed E-state index contributed by atoms with van der Waals surface area (Å²) in [6, 6.07) is -0.818. The SMILES string of the molecule is CC1=C(COC(=O)NCCCC[C@H](N)C(=O)O)C1. The number of carbonyl (C=O) groups excluding carboxylic acids is 1. The van der Waals surface area contributed by atoms with Crippen molar-refractivity contribution in [1.29, 1.82) is 0 Å². The van der Waals surface area contributed by atoms with Crippen LogP contribution < -0.4 is 11.1 Å². The minimum atomic E-state index is -0.990. The molecule has 0 saturated carbocycles. The summed E-state index contributed by atoms with van der Waals surface area (Å²) < 4.78 is 4.98. The van der Waals surface area contributed by atoms with Gasteiger partial charge in [-0.05, 0) is 38.2 Å².